The number of allylic oxidation sites excluding steroid dienone is 1. The van der Waals surface area contributed by atoms with Crippen molar-refractivity contribution in [3.8, 4) is 0 Å². The normalized spacial score (nSPS) is 18.5. The van der Waals surface area contributed by atoms with Gasteiger partial charge in [-0.15, -0.1) is 0 Å². The van der Waals surface area contributed by atoms with Crippen LogP contribution in [0.1, 0.15) is 49.0 Å². The molecule has 1 atom stereocenters. The van der Waals surface area contributed by atoms with Gasteiger partial charge in [0.15, 0.2) is 5.65 Å². The number of nitrogens with zero attached hydrogens (tertiary/aromatic N) is 4. The number of fused-ring (bicyclic) bond motifs is 1. The number of rotatable bonds is 6. The highest BCUT2D eigenvalue weighted by Crippen LogP contribution is 2.29. The average molecular weight is 416 g/mol. The van der Waals surface area contributed by atoms with Crippen molar-refractivity contribution in [3.05, 3.63) is 65.3 Å². The molecule has 3 aromatic heterocycles. The van der Waals surface area contributed by atoms with Gasteiger partial charge >= 0.3 is 0 Å². The lowest BCUT2D eigenvalue weighted by molar-refractivity contribution is -0.118. The molecule has 2 fully saturated rings. The van der Waals surface area contributed by atoms with Crippen LogP contribution in [0.3, 0.4) is 0 Å². The Kier molecular flexibility index (Phi) is 4.69. The summed E-state index contributed by atoms with van der Waals surface area (Å²) in [4.78, 5) is 21.1. The maximum atomic E-state index is 11.7. The number of carbonyl (C=O) groups excluding carboxylic acids is 1. The third-order valence-corrected chi connectivity index (χ3v) is 5.61. The number of amides is 1. The molecule has 0 bridgehead atoms. The highest BCUT2D eigenvalue weighted by atomic mass is 16.1. The number of aromatic nitrogens is 4. The Labute approximate surface area is 180 Å². The Balaban J connectivity index is 1.54. The first-order valence-electron chi connectivity index (χ1n) is 10.5. The van der Waals surface area contributed by atoms with Gasteiger partial charge in [0.05, 0.1) is 24.4 Å². The fraction of sp³-hybridized carbons (Fsp3) is 0.304. The summed E-state index contributed by atoms with van der Waals surface area (Å²) in [6.07, 6.45) is 8.15. The SMILES string of the molecule is C=C1NC(=O)C/C1=C\c1cnn2c(NC3CC3)cc(NC(C)c3ncccc3C)nc12. The van der Waals surface area contributed by atoms with E-state index >= 15 is 0 Å². The molecule has 158 valence electrons. The minimum Gasteiger partial charge on any atom is -0.367 e. The number of aryl methyl sites for hydroxylation is 1. The van der Waals surface area contributed by atoms with E-state index in [1.54, 1.807) is 6.20 Å². The number of nitrogens with one attached hydrogen (secondary N) is 3. The number of hydrogen-bond donors (Lipinski definition) is 3. The van der Waals surface area contributed by atoms with E-state index in [0.29, 0.717) is 18.2 Å². The van der Waals surface area contributed by atoms with Gasteiger partial charge in [0, 0.05) is 29.6 Å². The monoisotopic (exact) mass is 415 g/mol. The summed E-state index contributed by atoms with van der Waals surface area (Å²) in [6, 6.07) is 6.45. The molecule has 31 heavy (non-hydrogen) atoms. The van der Waals surface area contributed by atoms with E-state index in [9.17, 15) is 4.79 Å². The molecule has 1 saturated carbocycles. The smallest absolute Gasteiger partial charge is 0.228 e. The van der Waals surface area contributed by atoms with E-state index in [-0.39, 0.29) is 11.9 Å². The van der Waals surface area contributed by atoms with Gasteiger partial charge in [-0.1, -0.05) is 12.6 Å². The predicted molar refractivity (Wildman–Crippen MR) is 121 cm³/mol. The van der Waals surface area contributed by atoms with Crippen molar-refractivity contribution < 1.29 is 4.79 Å². The third-order valence-electron chi connectivity index (χ3n) is 5.61. The molecule has 0 aromatic carbocycles. The first kappa shape index (κ1) is 19.3. The summed E-state index contributed by atoms with van der Waals surface area (Å²) in [5.41, 5.74) is 5.17. The van der Waals surface area contributed by atoms with Gasteiger partial charge in [-0.3, -0.25) is 9.78 Å². The summed E-state index contributed by atoms with van der Waals surface area (Å²) < 4.78 is 1.82. The second-order valence-corrected chi connectivity index (χ2v) is 8.23. The van der Waals surface area contributed by atoms with Gasteiger partial charge in [-0.25, -0.2) is 4.98 Å². The molecule has 3 N–H and O–H groups in total. The van der Waals surface area contributed by atoms with Crippen LogP contribution in [0.25, 0.3) is 11.7 Å². The fourth-order valence-corrected chi connectivity index (χ4v) is 3.83. The molecule has 2 aliphatic rings. The number of pyridine rings is 1. The van der Waals surface area contributed by atoms with Crippen LogP contribution in [0, 0.1) is 6.92 Å². The molecular formula is C23H25N7O. The molecule has 5 rings (SSSR count). The molecule has 8 heteroatoms. The average Bonchev–Trinajstić information content (AvgIpc) is 3.37. The first-order valence-corrected chi connectivity index (χ1v) is 10.5. The van der Waals surface area contributed by atoms with Crippen molar-refractivity contribution in [1.82, 2.24) is 24.9 Å². The molecule has 0 radical (unpaired) electrons. The second-order valence-electron chi connectivity index (χ2n) is 8.23. The van der Waals surface area contributed by atoms with Crippen molar-refractivity contribution in [2.45, 2.75) is 45.2 Å². The van der Waals surface area contributed by atoms with E-state index < -0.39 is 0 Å². The molecule has 1 unspecified atom stereocenters. The molecule has 1 saturated heterocycles. The Morgan fingerprint density at radius 2 is 2.23 bits per heavy atom. The molecule has 0 spiro atoms. The lowest BCUT2D eigenvalue weighted by Gasteiger charge is -2.17. The minimum atomic E-state index is -0.0429. The van der Waals surface area contributed by atoms with Crippen molar-refractivity contribution in [2.75, 3.05) is 10.6 Å². The zero-order valence-corrected chi connectivity index (χ0v) is 17.6. The minimum absolute atomic E-state index is 0.00826. The number of hydrogen-bond acceptors (Lipinski definition) is 6. The topological polar surface area (TPSA) is 96.2 Å². The standard InChI is InChI=1S/C23H25N7O/c1-13-5-4-8-24-22(13)15(3)26-19-11-20(28-18-6-7-18)30-23(29-19)17(12-25-30)9-16-10-21(31)27-14(16)2/h4-5,8-9,11-12,15,18,28H,2,6-7,10H2,1,3H3,(H,26,29)(H,27,31)/b16-9+. The van der Waals surface area contributed by atoms with Gasteiger partial charge in [0.25, 0.3) is 0 Å². The fourth-order valence-electron chi connectivity index (χ4n) is 3.83. The maximum absolute atomic E-state index is 11.7. The van der Waals surface area contributed by atoms with Gasteiger partial charge in [0.1, 0.15) is 11.6 Å². The quantitative estimate of drug-likeness (QED) is 0.569. The largest absolute Gasteiger partial charge is 0.367 e. The van der Waals surface area contributed by atoms with Crippen molar-refractivity contribution in [2.24, 2.45) is 0 Å². The zero-order valence-electron chi connectivity index (χ0n) is 17.6. The van der Waals surface area contributed by atoms with E-state index in [1.165, 1.54) is 0 Å². The summed E-state index contributed by atoms with van der Waals surface area (Å²) in [5, 5.41) is 14.3. The van der Waals surface area contributed by atoms with Crippen LogP contribution < -0.4 is 16.0 Å². The lowest BCUT2D eigenvalue weighted by Crippen LogP contribution is -2.13. The first-order chi connectivity index (χ1) is 15.0. The Hall–Kier alpha value is -3.68. The van der Waals surface area contributed by atoms with Crippen LogP contribution in [0.15, 0.2) is 48.4 Å². The van der Waals surface area contributed by atoms with Crippen LogP contribution >= 0.6 is 0 Å². The number of anilines is 2. The predicted octanol–water partition coefficient (Wildman–Crippen LogP) is 3.60. The van der Waals surface area contributed by atoms with Crippen molar-refractivity contribution in [3.63, 3.8) is 0 Å². The Morgan fingerprint density at radius 1 is 1.39 bits per heavy atom. The van der Waals surface area contributed by atoms with Crippen molar-refractivity contribution in [1.29, 1.82) is 0 Å². The van der Waals surface area contributed by atoms with Gasteiger partial charge < -0.3 is 16.0 Å². The zero-order chi connectivity index (χ0) is 21.5. The van der Waals surface area contributed by atoms with Gasteiger partial charge in [-0.2, -0.15) is 9.61 Å². The molecule has 1 amide bonds. The van der Waals surface area contributed by atoms with Crippen LogP contribution in [0.2, 0.25) is 0 Å². The van der Waals surface area contributed by atoms with E-state index in [4.69, 9.17) is 4.98 Å². The summed E-state index contributed by atoms with van der Waals surface area (Å²) in [7, 11) is 0. The highest BCUT2D eigenvalue weighted by Gasteiger charge is 2.24. The lowest BCUT2D eigenvalue weighted by atomic mass is 10.1. The summed E-state index contributed by atoms with van der Waals surface area (Å²) in [5.74, 6) is 1.59. The molecule has 1 aliphatic carbocycles. The maximum Gasteiger partial charge on any atom is 0.228 e. The van der Waals surface area contributed by atoms with E-state index in [0.717, 1.165) is 52.5 Å². The molecular weight excluding hydrogens is 390 g/mol. The molecule has 1 aliphatic heterocycles. The summed E-state index contributed by atoms with van der Waals surface area (Å²) >= 11 is 0. The van der Waals surface area contributed by atoms with Crippen LogP contribution in [-0.2, 0) is 4.79 Å². The van der Waals surface area contributed by atoms with Crippen LogP contribution in [-0.4, -0.2) is 31.5 Å². The third kappa shape index (κ3) is 3.88. The van der Waals surface area contributed by atoms with E-state index in [2.05, 4.69) is 52.5 Å². The van der Waals surface area contributed by atoms with Gasteiger partial charge in [0.2, 0.25) is 5.91 Å². The van der Waals surface area contributed by atoms with Gasteiger partial charge in [-0.05, 0) is 50.0 Å². The van der Waals surface area contributed by atoms with Crippen LogP contribution in [0.4, 0.5) is 11.6 Å². The second kappa shape index (κ2) is 7.54. The Morgan fingerprint density at radius 3 is 2.94 bits per heavy atom. The van der Waals surface area contributed by atoms with E-state index in [1.807, 2.05) is 28.9 Å². The molecule has 8 nitrogen and oxygen atoms in total. The van der Waals surface area contributed by atoms with Crippen molar-refractivity contribution >= 4 is 29.3 Å². The summed E-state index contributed by atoms with van der Waals surface area (Å²) in [6.45, 7) is 8.07. The molecule has 4 heterocycles. The highest BCUT2D eigenvalue weighted by molar-refractivity contribution is 5.89. The Bertz CT molecular complexity index is 1220. The number of carbonyl (C=O) groups is 1. The molecule has 3 aromatic rings. The van der Waals surface area contributed by atoms with Crippen LogP contribution in [0.5, 0.6) is 0 Å².